The van der Waals surface area contributed by atoms with Crippen LogP contribution in [0.15, 0.2) is 12.1 Å². The molecule has 8 heteroatoms. The summed E-state index contributed by atoms with van der Waals surface area (Å²) in [5.74, 6) is -1.36. The Balaban J connectivity index is 1.91. The fraction of sp³-hybridized carbons (Fsp3) is 0.562. The van der Waals surface area contributed by atoms with Crippen LogP contribution in [-0.4, -0.2) is 42.3 Å². The van der Waals surface area contributed by atoms with Crippen LogP contribution < -0.4 is 9.47 Å². The number of amides is 1. The number of nitrogens with zero attached hydrogens (tertiary/aromatic N) is 1. The lowest BCUT2D eigenvalue weighted by molar-refractivity contribution is -0.189. The highest BCUT2D eigenvalue weighted by Gasteiger charge is 2.56. The maximum atomic E-state index is 13.2. The zero-order valence-electron chi connectivity index (χ0n) is 13.2. The Bertz CT molecular complexity index is 675. The number of alkyl halides is 3. The van der Waals surface area contributed by atoms with Crippen LogP contribution >= 0.6 is 11.6 Å². The molecule has 1 aromatic rings. The van der Waals surface area contributed by atoms with Crippen LogP contribution in [0.1, 0.15) is 30.6 Å². The molecular weight excluding hydrogens is 347 g/mol. The van der Waals surface area contributed by atoms with E-state index in [1.807, 2.05) is 0 Å². The minimum atomic E-state index is -4.34. The van der Waals surface area contributed by atoms with Crippen molar-refractivity contribution in [1.29, 1.82) is 0 Å². The van der Waals surface area contributed by atoms with Crippen molar-refractivity contribution in [1.82, 2.24) is 4.90 Å². The maximum absolute atomic E-state index is 13.2. The number of rotatable bonds is 1. The number of carbonyl (C=O) groups is 1. The zero-order valence-corrected chi connectivity index (χ0v) is 14.0. The summed E-state index contributed by atoms with van der Waals surface area (Å²) < 4.78 is 50.4. The predicted molar refractivity (Wildman–Crippen MR) is 81.7 cm³/mol. The van der Waals surface area contributed by atoms with Crippen LogP contribution in [0, 0.1) is 5.92 Å². The van der Waals surface area contributed by atoms with E-state index in [2.05, 4.69) is 0 Å². The average molecular weight is 364 g/mol. The van der Waals surface area contributed by atoms with Gasteiger partial charge in [0.15, 0.2) is 11.5 Å². The molecule has 1 unspecified atom stereocenters. The zero-order chi connectivity index (χ0) is 17.7. The SMILES string of the molecule is CC1(C)C(C(F)(F)F)CCN1C(=O)c1cc(Cl)c2c(c1)OCCO2. The van der Waals surface area contributed by atoms with E-state index in [4.69, 9.17) is 21.1 Å². The van der Waals surface area contributed by atoms with E-state index >= 15 is 0 Å². The Labute approximate surface area is 142 Å². The van der Waals surface area contributed by atoms with E-state index in [-0.39, 0.29) is 23.6 Å². The molecule has 1 fully saturated rings. The maximum Gasteiger partial charge on any atom is 0.394 e. The summed E-state index contributed by atoms with van der Waals surface area (Å²) in [5, 5.41) is 0.208. The second-order valence-electron chi connectivity index (χ2n) is 6.48. The highest BCUT2D eigenvalue weighted by atomic mass is 35.5. The first-order valence-electron chi connectivity index (χ1n) is 7.60. The van der Waals surface area contributed by atoms with E-state index in [1.165, 1.54) is 30.9 Å². The predicted octanol–water partition coefficient (Wildman–Crippen LogP) is 3.91. The molecule has 0 bridgehead atoms. The largest absolute Gasteiger partial charge is 0.486 e. The van der Waals surface area contributed by atoms with Crippen LogP contribution in [0.5, 0.6) is 11.5 Å². The first kappa shape index (κ1) is 17.2. The fourth-order valence-corrected chi connectivity index (χ4v) is 3.67. The minimum Gasteiger partial charge on any atom is -0.486 e. The molecule has 0 spiro atoms. The number of hydrogen-bond donors (Lipinski definition) is 0. The molecule has 1 saturated heterocycles. The molecule has 0 aromatic heterocycles. The van der Waals surface area contributed by atoms with Gasteiger partial charge >= 0.3 is 6.18 Å². The van der Waals surface area contributed by atoms with Crippen molar-refractivity contribution < 1.29 is 27.4 Å². The van der Waals surface area contributed by atoms with E-state index in [9.17, 15) is 18.0 Å². The quantitative estimate of drug-likeness (QED) is 0.759. The van der Waals surface area contributed by atoms with E-state index in [0.29, 0.717) is 24.7 Å². The first-order valence-corrected chi connectivity index (χ1v) is 7.98. The van der Waals surface area contributed by atoms with Crippen molar-refractivity contribution in [2.24, 2.45) is 5.92 Å². The molecule has 0 aliphatic carbocycles. The van der Waals surface area contributed by atoms with Gasteiger partial charge in [-0.15, -0.1) is 0 Å². The Hall–Kier alpha value is -1.63. The van der Waals surface area contributed by atoms with E-state index in [1.54, 1.807) is 0 Å². The van der Waals surface area contributed by atoms with Crippen molar-refractivity contribution in [3.8, 4) is 11.5 Å². The lowest BCUT2D eigenvalue weighted by Crippen LogP contribution is -2.49. The summed E-state index contributed by atoms with van der Waals surface area (Å²) in [6, 6.07) is 2.88. The van der Waals surface area contributed by atoms with Gasteiger partial charge in [0.25, 0.3) is 5.91 Å². The number of halogens is 4. The average Bonchev–Trinajstić information content (AvgIpc) is 2.81. The number of likely N-dealkylation sites (tertiary alicyclic amines) is 1. The van der Waals surface area contributed by atoms with Gasteiger partial charge in [0.1, 0.15) is 13.2 Å². The van der Waals surface area contributed by atoms with Gasteiger partial charge in [-0.1, -0.05) is 11.6 Å². The molecule has 2 aliphatic rings. The fourth-order valence-electron chi connectivity index (χ4n) is 3.41. The lowest BCUT2D eigenvalue weighted by atomic mass is 9.87. The van der Waals surface area contributed by atoms with E-state index < -0.39 is 23.5 Å². The molecule has 2 heterocycles. The van der Waals surface area contributed by atoms with Gasteiger partial charge in [-0.25, -0.2) is 0 Å². The summed E-state index contributed by atoms with van der Waals surface area (Å²) in [6.07, 6.45) is -4.45. The van der Waals surface area contributed by atoms with Crippen LogP contribution in [0.25, 0.3) is 0 Å². The van der Waals surface area contributed by atoms with Crippen molar-refractivity contribution >= 4 is 17.5 Å². The normalized spacial score (nSPS) is 22.6. The summed E-state index contributed by atoms with van der Waals surface area (Å²) >= 11 is 6.11. The molecule has 1 atom stereocenters. The van der Waals surface area contributed by atoms with Gasteiger partial charge in [0.2, 0.25) is 0 Å². The molecule has 4 nitrogen and oxygen atoms in total. The van der Waals surface area contributed by atoms with Crippen molar-refractivity contribution in [3.63, 3.8) is 0 Å². The van der Waals surface area contributed by atoms with Crippen molar-refractivity contribution in [3.05, 3.63) is 22.7 Å². The summed E-state index contributed by atoms with van der Waals surface area (Å²) in [5.41, 5.74) is -1.13. The van der Waals surface area contributed by atoms with Crippen LogP contribution in [0.2, 0.25) is 5.02 Å². The number of carbonyl (C=O) groups excluding carboxylic acids is 1. The van der Waals surface area contributed by atoms with Crippen molar-refractivity contribution in [2.75, 3.05) is 19.8 Å². The molecule has 0 N–H and O–H groups in total. The summed E-state index contributed by atoms with van der Waals surface area (Å²) in [4.78, 5) is 14.0. The number of fused-ring (bicyclic) bond motifs is 1. The highest BCUT2D eigenvalue weighted by molar-refractivity contribution is 6.32. The molecule has 1 amide bonds. The van der Waals surface area contributed by atoms with Gasteiger partial charge in [0, 0.05) is 17.6 Å². The minimum absolute atomic E-state index is 0.0437. The van der Waals surface area contributed by atoms with Gasteiger partial charge in [0.05, 0.1) is 10.9 Å². The Morgan fingerprint density at radius 2 is 1.96 bits per heavy atom. The monoisotopic (exact) mass is 363 g/mol. The van der Waals surface area contributed by atoms with Crippen LogP contribution in [0.3, 0.4) is 0 Å². The highest BCUT2D eigenvalue weighted by Crippen LogP contribution is 2.46. The second kappa shape index (κ2) is 5.72. The summed E-state index contributed by atoms with van der Waals surface area (Å²) in [7, 11) is 0. The molecular formula is C16H17ClF3NO3. The van der Waals surface area contributed by atoms with Gasteiger partial charge in [-0.2, -0.15) is 13.2 Å². The molecule has 3 rings (SSSR count). The van der Waals surface area contributed by atoms with Gasteiger partial charge in [-0.05, 0) is 32.4 Å². The standard InChI is InChI=1S/C16H17ClF3NO3/c1-15(2)12(16(18,19)20)3-4-21(15)14(22)9-7-10(17)13-11(8-9)23-5-6-24-13/h7-8,12H,3-6H2,1-2H3. The second-order valence-corrected chi connectivity index (χ2v) is 6.88. The number of benzene rings is 1. The number of hydrogen-bond acceptors (Lipinski definition) is 3. The lowest BCUT2D eigenvalue weighted by Gasteiger charge is -2.37. The molecule has 1 aromatic carbocycles. The number of ether oxygens (including phenoxy) is 2. The molecule has 2 aliphatic heterocycles. The Kier molecular flexibility index (Phi) is 4.10. The van der Waals surface area contributed by atoms with Gasteiger partial charge in [-0.3, -0.25) is 4.79 Å². The third kappa shape index (κ3) is 2.79. The van der Waals surface area contributed by atoms with Crippen LogP contribution in [-0.2, 0) is 0 Å². The molecule has 0 saturated carbocycles. The Morgan fingerprint density at radius 1 is 1.29 bits per heavy atom. The molecule has 132 valence electrons. The van der Waals surface area contributed by atoms with E-state index in [0.717, 1.165) is 0 Å². The third-order valence-corrected chi connectivity index (χ3v) is 4.95. The topological polar surface area (TPSA) is 38.8 Å². The summed E-state index contributed by atoms with van der Waals surface area (Å²) in [6.45, 7) is 3.60. The van der Waals surface area contributed by atoms with Crippen molar-refractivity contribution in [2.45, 2.75) is 32.0 Å². The molecule has 0 radical (unpaired) electrons. The first-order chi connectivity index (χ1) is 11.1. The smallest absolute Gasteiger partial charge is 0.394 e. The van der Waals surface area contributed by atoms with Gasteiger partial charge < -0.3 is 14.4 Å². The Morgan fingerprint density at radius 3 is 2.58 bits per heavy atom. The molecule has 24 heavy (non-hydrogen) atoms. The van der Waals surface area contributed by atoms with Crippen LogP contribution in [0.4, 0.5) is 13.2 Å². The third-order valence-electron chi connectivity index (χ3n) is 4.67.